The van der Waals surface area contributed by atoms with Gasteiger partial charge in [-0.25, -0.2) is 8.78 Å². The van der Waals surface area contributed by atoms with Crippen LogP contribution in [0, 0.1) is 11.6 Å². The van der Waals surface area contributed by atoms with Gasteiger partial charge >= 0.3 is 0 Å². The minimum absolute atomic E-state index is 0.281. The molecule has 0 amide bonds. The summed E-state index contributed by atoms with van der Waals surface area (Å²) in [6.07, 6.45) is 0.310. The van der Waals surface area contributed by atoms with Crippen LogP contribution in [0.1, 0.15) is 16.5 Å². The van der Waals surface area contributed by atoms with Crippen LogP contribution in [0.3, 0.4) is 0 Å². The standard InChI is InChI=1S/C12H11F2NS/c13-9-4-1-3-8(12(9)14)7-10(15)11-5-2-6-16-11/h1-6,10H,7,15H2. The van der Waals surface area contributed by atoms with Crippen LogP contribution in [0.2, 0.25) is 0 Å². The Morgan fingerprint density at radius 2 is 2.00 bits per heavy atom. The zero-order chi connectivity index (χ0) is 11.5. The van der Waals surface area contributed by atoms with Gasteiger partial charge in [0.25, 0.3) is 0 Å². The predicted molar refractivity (Wildman–Crippen MR) is 61.3 cm³/mol. The van der Waals surface area contributed by atoms with Crippen LogP contribution in [0.5, 0.6) is 0 Å². The fourth-order valence-corrected chi connectivity index (χ4v) is 2.28. The van der Waals surface area contributed by atoms with Crippen molar-refractivity contribution >= 4 is 11.3 Å². The molecule has 0 aliphatic rings. The molecular weight excluding hydrogens is 228 g/mol. The lowest BCUT2D eigenvalue weighted by atomic mass is 10.0. The summed E-state index contributed by atoms with van der Waals surface area (Å²) in [5, 5.41) is 1.91. The SMILES string of the molecule is NC(Cc1cccc(F)c1F)c1cccs1. The third kappa shape index (κ3) is 2.28. The van der Waals surface area contributed by atoms with E-state index in [2.05, 4.69) is 0 Å². The maximum Gasteiger partial charge on any atom is 0.162 e. The highest BCUT2D eigenvalue weighted by Gasteiger charge is 2.13. The molecule has 1 heterocycles. The number of thiophene rings is 1. The van der Waals surface area contributed by atoms with Gasteiger partial charge in [-0.15, -0.1) is 11.3 Å². The summed E-state index contributed by atoms with van der Waals surface area (Å²) in [7, 11) is 0. The topological polar surface area (TPSA) is 26.0 Å². The molecule has 1 nitrogen and oxygen atoms in total. The summed E-state index contributed by atoms with van der Waals surface area (Å²) in [4.78, 5) is 0.976. The van der Waals surface area contributed by atoms with Crippen molar-refractivity contribution in [2.45, 2.75) is 12.5 Å². The molecule has 2 rings (SSSR count). The van der Waals surface area contributed by atoms with Crippen LogP contribution >= 0.6 is 11.3 Å². The Hall–Kier alpha value is -1.26. The first-order valence-electron chi connectivity index (χ1n) is 4.90. The van der Waals surface area contributed by atoms with Gasteiger partial charge in [0.2, 0.25) is 0 Å². The van der Waals surface area contributed by atoms with Gasteiger partial charge in [0, 0.05) is 10.9 Å². The fraction of sp³-hybridized carbons (Fsp3) is 0.167. The molecule has 16 heavy (non-hydrogen) atoms. The molecule has 0 aliphatic carbocycles. The second-order valence-corrected chi connectivity index (χ2v) is 4.52. The molecule has 0 bridgehead atoms. The van der Waals surface area contributed by atoms with Crippen LogP contribution in [-0.4, -0.2) is 0 Å². The largest absolute Gasteiger partial charge is 0.323 e. The van der Waals surface area contributed by atoms with E-state index >= 15 is 0 Å². The van der Waals surface area contributed by atoms with Gasteiger partial charge in [-0.3, -0.25) is 0 Å². The first kappa shape index (κ1) is 11.2. The lowest BCUT2D eigenvalue weighted by molar-refractivity contribution is 0.494. The minimum atomic E-state index is -0.823. The molecular formula is C12H11F2NS. The quantitative estimate of drug-likeness (QED) is 0.874. The first-order valence-corrected chi connectivity index (χ1v) is 5.78. The average Bonchev–Trinajstić information content (AvgIpc) is 2.78. The van der Waals surface area contributed by atoms with Crippen LogP contribution < -0.4 is 5.73 Å². The highest BCUT2D eigenvalue weighted by Crippen LogP contribution is 2.22. The molecule has 0 aliphatic heterocycles. The molecule has 84 valence electrons. The fourth-order valence-electron chi connectivity index (χ4n) is 1.55. The molecule has 0 saturated carbocycles. The molecule has 1 aromatic carbocycles. The maximum atomic E-state index is 13.4. The monoisotopic (exact) mass is 239 g/mol. The molecule has 1 unspecified atom stereocenters. The van der Waals surface area contributed by atoms with E-state index in [0.29, 0.717) is 12.0 Å². The molecule has 0 spiro atoms. The molecule has 0 radical (unpaired) electrons. The summed E-state index contributed by atoms with van der Waals surface area (Å²) < 4.78 is 26.3. The normalized spacial score (nSPS) is 12.7. The van der Waals surface area contributed by atoms with E-state index in [-0.39, 0.29) is 6.04 Å². The van der Waals surface area contributed by atoms with Crippen molar-refractivity contribution in [3.05, 3.63) is 57.8 Å². The van der Waals surface area contributed by atoms with Crippen molar-refractivity contribution in [1.82, 2.24) is 0 Å². The number of hydrogen-bond donors (Lipinski definition) is 1. The highest BCUT2D eigenvalue weighted by molar-refractivity contribution is 7.10. The van der Waals surface area contributed by atoms with Gasteiger partial charge in [0.1, 0.15) is 0 Å². The smallest absolute Gasteiger partial charge is 0.162 e. The Morgan fingerprint density at radius 3 is 2.69 bits per heavy atom. The lowest BCUT2D eigenvalue weighted by Crippen LogP contribution is -2.13. The van der Waals surface area contributed by atoms with Crippen LogP contribution in [-0.2, 0) is 6.42 Å². The van der Waals surface area contributed by atoms with Crippen molar-refractivity contribution in [2.75, 3.05) is 0 Å². The van der Waals surface area contributed by atoms with Crippen molar-refractivity contribution in [3.63, 3.8) is 0 Å². The summed E-state index contributed by atoms with van der Waals surface area (Å²) in [6.45, 7) is 0. The molecule has 1 aromatic heterocycles. The molecule has 2 N–H and O–H groups in total. The second kappa shape index (κ2) is 4.72. The highest BCUT2D eigenvalue weighted by atomic mass is 32.1. The molecule has 2 aromatic rings. The number of rotatable bonds is 3. The van der Waals surface area contributed by atoms with Crippen molar-refractivity contribution in [3.8, 4) is 0 Å². The molecule has 0 saturated heterocycles. The zero-order valence-corrected chi connectivity index (χ0v) is 9.31. The third-order valence-corrected chi connectivity index (χ3v) is 3.38. The minimum Gasteiger partial charge on any atom is -0.323 e. The van der Waals surface area contributed by atoms with E-state index in [1.807, 2.05) is 17.5 Å². The van der Waals surface area contributed by atoms with Crippen LogP contribution in [0.25, 0.3) is 0 Å². The average molecular weight is 239 g/mol. The molecule has 0 fully saturated rings. The second-order valence-electron chi connectivity index (χ2n) is 3.54. The van der Waals surface area contributed by atoms with Gasteiger partial charge in [-0.1, -0.05) is 18.2 Å². The molecule has 4 heteroatoms. The summed E-state index contributed by atoms with van der Waals surface area (Å²) in [6, 6.07) is 7.67. The van der Waals surface area contributed by atoms with Crippen molar-refractivity contribution < 1.29 is 8.78 Å². The maximum absolute atomic E-state index is 13.4. The summed E-state index contributed by atoms with van der Waals surface area (Å²) >= 11 is 1.52. The lowest BCUT2D eigenvalue weighted by Gasteiger charge is -2.10. The van der Waals surface area contributed by atoms with Gasteiger partial charge in [0.15, 0.2) is 11.6 Å². The van der Waals surface area contributed by atoms with E-state index in [4.69, 9.17) is 5.73 Å². The Labute approximate surface area is 96.5 Å². The number of halogens is 2. The summed E-state index contributed by atoms with van der Waals surface area (Å²) in [5.41, 5.74) is 6.23. The summed E-state index contributed by atoms with van der Waals surface area (Å²) in [5.74, 6) is -1.62. The third-order valence-electron chi connectivity index (χ3n) is 2.38. The van der Waals surface area contributed by atoms with Gasteiger partial charge in [0.05, 0.1) is 0 Å². The van der Waals surface area contributed by atoms with E-state index < -0.39 is 11.6 Å². The van der Waals surface area contributed by atoms with Crippen molar-refractivity contribution in [1.29, 1.82) is 0 Å². The zero-order valence-electron chi connectivity index (χ0n) is 8.49. The van der Waals surface area contributed by atoms with Crippen LogP contribution in [0.15, 0.2) is 35.7 Å². The predicted octanol–water partition coefficient (Wildman–Crippen LogP) is 3.27. The number of benzene rings is 1. The Balaban J connectivity index is 2.18. The number of hydrogen-bond acceptors (Lipinski definition) is 2. The van der Waals surface area contributed by atoms with E-state index in [0.717, 1.165) is 10.9 Å². The Kier molecular flexibility index (Phi) is 3.31. The first-order chi connectivity index (χ1) is 7.68. The Bertz CT molecular complexity index is 468. The van der Waals surface area contributed by atoms with Gasteiger partial charge < -0.3 is 5.73 Å². The Morgan fingerprint density at radius 1 is 1.19 bits per heavy atom. The van der Waals surface area contributed by atoms with Gasteiger partial charge in [-0.05, 0) is 29.5 Å². The van der Waals surface area contributed by atoms with Gasteiger partial charge in [-0.2, -0.15) is 0 Å². The van der Waals surface area contributed by atoms with Crippen LogP contribution in [0.4, 0.5) is 8.78 Å². The van der Waals surface area contributed by atoms with E-state index in [1.165, 1.54) is 17.4 Å². The van der Waals surface area contributed by atoms with Crippen molar-refractivity contribution in [2.24, 2.45) is 5.73 Å². The molecule has 1 atom stereocenters. The number of nitrogens with two attached hydrogens (primary N) is 1. The van der Waals surface area contributed by atoms with E-state index in [9.17, 15) is 8.78 Å². The van der Waals surface area contributed by atoms with E-state index in [1.54, 1.807) is 6.07 Å².